The molecule has 2 N–H and O–H groups in total. The lowest BCUT2D eigenvalue weighted by atomic mass is 9.46. The summed E-state index contributed by atoms with van der Waals surface area (Å²) >= 11 is 0. The molecule has 5 aliphatic carbocycles. The molecule has 6 rings (SSSR count). The summed E-state index contributed by atoms with van der Waals surface area (Å²) in [7, 11) is 4.40. The number of hydrogen-bond donors (Lipinski definition) is 1. The molecule has 0 aromatic heterocycles. The zero-order valence-corrected chi connectivity index (χ0v) is 21.1. The number of amides is 1. The largest absolute Gasteiger partial charge is 0.341 e. The van der Waals surface area contributed by atoms with Crippen LogP contribution in [-0.2, 0) is 4.79 Å². The third-order valence-electron chi connectivity index (χ3n) is 12.2. The number of hydrogen-bond acceptors (Lipinski definition) is 3. The van der Waals surface area contributed by atoms with Crippen molar-refractivity contribution >= 4 is 5.91 Å². The van der Waals surface area contributed by atoms with Crippen LogP contribution >= 0.6 is 0 Å². The van der Waals surface area contributed by atoms with Crippen molar-refractivity contribution in [3.63, 3.8) is 0 Å². The van der Waals surface area contributed by atoms with Gasteiger partial charge in [-0.25, -0.2) is 0 Å². The van der Waals surface area contributed by atoms with E-state index in [-0.39, 0.29) is 17.9 Å². The number of carbonyl (C=O) groups excluding carboxylic acids is 1. The van der Waals surface area contributed by atoms with Gasteiger partial charge in [0, 0.05) is 25.7 Å². The minimum atomic E-state index is -0.377. The Labute approximate surface area is 195 Å². The highest BCUT2D eigenvalue weighted by atomic mass is 16.2. The highest BCUT2D eigenvalue weighted by Crippen LogP contribution is 2.80. The molecule has 1 amide bonds. The SMILES string of the molecule is CC(C)[C@@H](N)C(=O)N(C)[C@H]1CC[C@@]2(C)C(=CC[C@H]3C4CC[C@]56C[C@@H]5N(C)C[C@]46CC[C@@H]32)C1. The molecular formula is C28H45N3O. The number of piperidine rings is 1. The molecule has 6 aliphatic rings. The first kappa shape index (κ1) is 21.6. The summed E-state index contributed by atoms with van der Waals surface area (Å²) < 4.78 is 0. The summed E-state index contributed by atoms with van der Waals surface area (Å²) in [4.78, 5) is 17.6. The van der Waals surface area contributed by atoms with Gasteiger partial charge in [-0.3, -0.25) is 4.79 Å². The third kappa shape index (κ3) is 2.55. The molecule has 0 radical (unpaired) electrons. The van der Waals surface area contributed by atoms with Crippen LogP contribution in [0.15, 0.2) is 11.6 Å². The lowest BCUT2D eigenvalue weighted by Gasteiger charge is -2.59. The van der Waals surface area contributed by atoms with Crippen LogP contribution in [0, 0.1) is 39.9 Å². The Morgan fingerprint density at radius 1 is 1.16 bits per heavy atom. The van der Waals surface area contributed by atoms with Crippen molar-refractivity contribution in [1.29, 1.82) is 0 Å². The first-order chi connectivity index (χ1) is 15.1. The molecule has 0 aromatic carbocycles. The Balaban J connectivity index is 1.23. The van der Waals surface area contributed by atoms with Crippen LogP contribution in [0.1, 0.15) is 78.6 Å². The molecule has 4 heteroatoms. The van der Waals surface area contributed by atoms with Gasteiger partial charge in [-0.1, -0.05) is 32.4 Å². The average Bonchev–Trinajstić information content (AvgIpc) is 3.35. The number of rotatable bonds is 3. The highest BCUT2D eigenvalue weighted by molar-refractivity contribution is 5.82. The molecule has 4 saturated carbocycles. The second-order valence-corrected chi connectivity index (χ2v) is 13.4. The van der Waals surface area contributed by atoms with Gasteiger partial charge in [-0.2, -0.15) is 0 Å². The molecule has 178 valence electrons. The Morgan fingerprint density at radius 2 is 1.88 bits per heavy atom. The maximum atomic E-state index is 12.9. The van der Waals surface area contributed by atoms with Gasteiger partial charge in [0.1, 0.15) is 0 Å². The number of carbonyl (C=O) groups is 1. The second-order valence-electron chi connectivity index (χ2n) is 13.4. The molecule has 1 aliphatic heterocycles. The fourth-order valence-corrected chi connectivity index (χ4v) is 10.2. The van der Waals surface area contributed by atoms with Crippen molar-refractivity contribution in [3.8, 4) is 0 Å². The highest BCUT2D eigenvalue weighted by Gasteiger charge is 2.78. The van der Waals surface area contributed by atoms with E-state index in [2.05, 4.69) is 24.9 Å². The maximum absolute atomic E-state index is 12.9. The molecule has 0 aromatic rings. The van der Waals surface area contributed by atoms with Crippen LogP contribution in [-0.4, -0.2) is 54.5 Å². The van der Waals surface area contributed by atoms with Gasteiger partial charge < -0.3 is 15.5 Å². The van der Waals surface area contributed by atoms with Crippen molar-refractivity contribution in [1.82, 2.24) is 9.80 Å². The van der Waals surface area contributed by atoms with Crippen LogP contribution in [0.4, 0.5) is 0 Å². The molecule has 0 bridgehead atoms. The van der Waals surface area contributed by atoms with E-state index in [1.54, 1.807) is 5.57 Å². The van der Waals surface area contributed by atoms with Crippen molar-refractivity contribution in [2.45, 2.75) is 96.7 Å². The first-order valence-corrected chi connectivity index (χ1v) is 13.6. The molecular weight excluding hydrogens is 394 g/mol. The predicted octanol–water partition coefficient (Wildman–Crippen LogP) is 4.44. The molecule has 1 saturated heterocycles. The van der Waals surface area contributed by atoms with Crippen molar-refractivity contribution in [2.24, 2.45) is 45.7 Å². The summed E-state index contributed by atoms with van der Waals surface area (Å²) in [6, 6.07) is 0.858. The average molecular weight is 440 g/mol. The number of allylic oxidation sites excluding steroid dienone is 1. The zero-order chi connectivity index (χ0) is 22.6. The van der Waals surface area contributed by atoms with E-state index in [0.29, 0.717) is 22.3 Å². The molecule has 4 nitrogen and oxygen atoms in total. The van der Waals surface area contributed by atoms with Gasteiger partial charge in [-0.15, -0.1) is 0 Å². The summed E-state index contributed by atoms with van der Waals surface area (Å²) in [6.07, 6.45) is 14.8. The molecule has 32 heavy (non-hydrogen) atoms. The smallest absolute Gasteiger partial charge is 0.239 e. The van der Waals surface area contributed by atoms with Gasteiger partial charge in [0.15, 0.2) is 0 Å². The van der Waals surface area contributed by atoms with E-state index in [9.17, 15) is 4.79 Å². The van der Waals surface area contributed by atoms with Gasteiger partial charge in [0.25, 0.3) is 0 Å². The maximum Gasteiger partial charge on any atom is 0.239 e. The standard InChI is InChI=1S/C28H45N3O/c1-17(2)24(29)25(32)31(5)19-8-11-26(3)18(14-19)6-7-20-21(26)9-13-28-16-30(4)23-15-27(23,28)12-10-22(20)28/h6,17,19-24H,7-16,29H2,1-5H3/t19-,20+,21-,22?,23-,24+,26-,27-,28+/m0/s1. The first-order valence-electron chi connectivity index (χ1n) is 13.6. The molecule has 2 spiro atoms. The van der Waals surface area contributed by atoms with E-state index in [0.717, 1.165) is 36.6 Å². The number of nitrogens with zero attached hydrogens (tertiary/aromatic N) is 2. The predicted molar refractivity (Wildman–Crippen MR) is 129 cm³/mol. The van der Waals surface area contributed by atoms with Crippen molar-refractivity contribution in [2.75, 3.05) is 20.6 Å². The van der Waals surface area contributed by atoms with E-state index < -0.39 is 0 Å². The lowest BCUT2D eigenvalue weighted by molar-refractivity contribution is -0.135. The van der Waals surface area contributed by atoms with E-state index in [4.69, 9.17) is 5.73 Å². The molecule has 9 atom stereocenters. The molecule has 5 fully saturated rings. The zero-order valence-electron chi connectivity index (χ0n) is 21.1. The fourth-order valence-electron chi connectivity index (χ4n) is 10.2. The van der Waals surface area contributed by atoms with Crippen LogP contribution in [0.25, 0.3) is 0 Å². The number of fused-ring (bicyclic) bond motifs is 4. The Kier molecular flexibility index (Phi) is 4.63. The fraction of sp³-hybridized carbons (Fsp3) is 0.893. The molecule has 1 unspecified atom stereocenters. The quantitative estimate of drug-likeness (QED) is 0.661. The van der Waals surface area contributed by atoms with Crippen molar-refractivity contribution in [3.05, 3.63) is 11.6 Å². The van der Waals surface area contributed by atoms with E-state index in [1.165, 1.54) is 51.5 Å². The minimum Gasteiger partial charge on any atom is -0.341 e. The van der Waals surface area contributed by atoms with E-state index in [1.807, 2.05) is 25.8 Å². The van der Waals surface area contributed by atoms with Crippen LogP contribution in [0.2, 0.25) is 0 Å². The number of nitrogens with two attached hydrogens (primary N) is 1. The van der Waals surface area contributed by atoms with Crippen LogP contribution in [0.3, 0.4) is 0 Å². The van der Waals surface area contributed by atoms with Gasteiger partial charge in [0.05, 0.1) is 6.04 Å². The van der Waals surface area contributed by atoms with Gasteiger partial charge in [-0.05, 0) is 105 Å². The second kappa shape index (κ2) is 6.84. The number of likely N-dealkylation sites (tertiary alicyclic amines) is 1. The summed E-state index contributed by atoms with van der Waals surface area (Å²) in [5.41, 5.74) is 9.60. The Hall–Kier alpha value is -0.870. The number of likely N-dealkylation sites (N-methyl/N-ethyl adjacent to an activating group) is 1. The van der Waals surface area contributed by atoms with E-state index >= 15 is 0 Å². The minimum absolute atomic E-state index is 0.128. The van der Waals surface area contributed by atoms with Crippen LogP contribution in [0.5, 0.6) is 0 Å². The third-order valence-corrected chi connectivity index (χ3v) is 12.2. The van der Waals surface area contributed by atoms with Gasteiger partial charge in [0.2, 0.25) is 5.91 Å². The van der Waals surface area contributed by atoms with Crippen LogP contribution < -0.4 is 5.73 Å². The Bertz CT molecular complexity index is 852. The topological polar surface area (TPSA) is 49.6 Å². The summed E-state index contributed by atoms with van der Waals surface area (Å²) in [6.45, 7) is 8.07. The summed E-state index contributed by atoms with van der Waals surface area (Å²) in [5, 5.41) is 0. The Morgan fingerprint density at radius 3 is 2.59 bits per heavy atom. The lowest BCUT2D eigenvalue weighted by Crippen LogP contribution is -2.54. The van der Waals surface area contributed by atoms with Crippen molar-refractivity contribution < 1.29 is 4.79 Å². The molecule has 1 heterocycles. The summed E-state index contributed by atoms with van der Waals surface area (Å²) in [5.74, 6) is 3.03. The monoisotopic (exact) mass is 439 g/mol. The van der Waals surface area contributed by atoms with Gasteiger partial charge >= 0.3 is 0 Å². The normalized spacial score (nSPS) is 50.0.